The van der Waals surface area contributed by atoms with E-state index in [1.54, 1.807) is 42.6 Å². The zero-order valence-electron chi connectivity index (χ0n) is 18.8. The Bertz CT molecular complexity index is 1240. The normalized spacial score (nSPS) is 17.3. The van der Waals surface area contributed by atoms with Gasteiger partial charge in [-0.3, -0.25) is 14.6 Å². The molecule has 2 aromatic carbocycles. The molecule has 2 heterocycles. The number of aromatic amines is 1. The summed E-state index contributed by atoms with van der Waals surface area (Å²) in [6.45, 7) is 0.963. The summed E-state index contributed by atoms with van der Waals surface area (Å²) >= 11 is 6.25. The van der Waals surface area contributed by atoms with E-state index in [4.69, 9.17) is 21.1 Å². The van der Waals surface area contributed by atoms with Crippen molar-refractivity contribution < 1.29 is 28.7 Å². The van der Waals surface area contributed by atoms with Crippen LogP contribution < -0.4 is 14.0 Å². The first-order valence-corrected chi connectivity index (χ1v) is 11.1. The minimum atomic E-state index is -0.812. The number of likely N-dealkylation sites (tertiary alicyclic amines) is 1. The number of methoxy groups -OCH3 is 2. The van der Waals surface area contributed by atoms with Crippen molar-refractivity contribution in [1.82, 2.24) is 9.88 Å². The van der Waals surface area contributed by atoms with E-state index in [0.717, 1.165) is 0 Å². The maximum atomic E-state index is 13.2. The van der Waals surface area contributed by atoms with Crippen LogP contribution in [-0.2, 0) is 16.1 Å². The van der Waals surface area contributed by atoms with E-state index in [1.165, 1.54) is 25.2 Å². The summed E-state index contributed by atoms with van der Waals surface area (Å²) in [6, 6.07) is 11.0. The predicted molar refractivity (Wildman–Crippen MR) is 126 cm³/mol. The van der Waals surface area contributed by atoms with Crippen LogP contribution in [0.15, 0.2) is 66.8 Å². The molecule has 3 aromatic rings. The maximum absolute atomic E-state index is 13.2. The number of carbonyl (C=O) groups is 2. The van der Waals surface area contributed by atoms with Gasteiger partial charge in [-0.05, 0) is 24.3 Å². The zero-order valence-corrected chi connectivity index (χ0v) is 19.6. The summed E-state index contributed by atoms with van der Waals surface area (Å²) in [7, 11) is 3.01. The van der Waals surface area contributed by atoms with Crippen LogP contribution in [-0.4, -0.2) is 47.4 Å². The Morgan fingerprint density at radius 3 is 2.59 bits per heavy atom. The molecule has 1 saturated heterocycles. The Kier molecular flexibility index (Phi) is 6.88. The lowest BCUT2D eigenvalue weighted by molar-refractivity contribution is -0.695. The number of nitrogens with one attached hydrogen (secondary N) is 1. The molecule has 0 bridgehead atoms. The van der Waals surface area contributed by atoms with Crippen molar-refractivity contribution in [3.63, 3.8) is 0 Å². The Hall–Kier alpha value is -3.78. The standard InChI is InChI=1S/C25H24ClN3O5/c1-33-19-7-4-3-6-17(19)22-21(23(30)16-8-9-20(34-2)18(26)14-16)24(31)25(32)29(22)12-5-11-28-13-10-27-15-28/h3-4,6-10,13-15,22H,5,11-12H2,1-2H3,(H,30,31)/p+1. The number of Topliss-reactive ketones (excluding diaryl/α,β-unsaturated/α-hetero) is 1. The summed E-state index contributed by atoms with van der Waals surface area (Å²) in [5, 5.41) is 11.5. The van der Waals surface area contributed by atoms with Gasteiger partial charge in [0.2, 0.25) is 6.33 Å². The van der Waals surface area contributed by atoms with E-state index >= 15 is 0 Å². The second-order valence-corrected chi connectivity index (χ2v) is 8.19. The first-order chi connectivity index (χ1) is 16.5. The summed E-state index contributed by atoms with van der Waals surface area (Å²) in [4.78, 5) is 30.8. The van der Waals surface area contributed by atoms with Crippen LogP contribution in [0.1, 0.15) is 23.6 Å². The highest BCUT2D eigenvalue weighted by Gasteiger charge is 2.46. The third-order valence-electron chi connectivity index (χ3n) is 5.82. The number of hydrogen-bond donors (Lipinski definition) is 2. The molecule has 1 amide bonds. The molecule has 2 N–H and O–H groups in total. The number of rotatable bonds is 8. The molecule has 8 nitrogen and oxygen atoms in total. The van der Waals surface area contributed by atoms with Gasteiger partial charge in [0.1, 0.15) is 29.7 Å². The molecule has 1 aliphatic heterocycles. The van der Waals surface area contributed by atoms with E-state index in [1.807, 2.05) is 17.1 Å². The number of aryl methyl sites for hydroxylation is 1. The predicted octanol–water partition coefficient (Wildman–Crippen LogP) is 3.48. The Morgan fingerprint density at radius 2 is 1.91 bits per heavy atom. The summed E-state index contributed by atoms with van der Waals surface area (Å²) in [6.07, 6.45) is 6.12. The molecule has 0 aliphatic carbocycles. The van der Waals surface area contributed by atoms with Gasteiger partial charge >= 0.3 is 0 Å². The van der Waals surface area contributed by atoms with Crippen LogP contribution >= 0.6 is 11.6 Å². The maximum Gasteiger partial charge on any atom is 0.295 e. The largest absolute Gasteiger partial charge is 0.507 e. The third-order valence-corrected chi connectivity index (χ3v) is 6.11. The Labute approximate surface area is 202 Å². The van der Waals surface area contributed by atoms with E-state index in [0.29, 0.717) is 42.1 Å². The van der Waals surface area contributed by atoms with E-state index in [9.17, 15) is 14.7 Å². The molecule has 9 heteroatoms. The van der Waals surface area contributed by atoms with Crippen molar-refractivity contribution in [2.45, 2.75) is 19.0 Å². The average molecular weight is 483 g/mol. The molecule has 4 rings (SSSR count). The molecule has 176 valence electrons. The fourth-order valence-corrected chi connectivity index (χ4v) is 4.44. The fourth-order valence-electron chi connectivity index (χ4n) is 4.18. The number of halogens is 1. The molecular formula is C25H25ClN3O5+. The Balaban J connectivity index is 1.78. The van der Waals surface area contributed by atoms with Gasteiger partial charge in [0, 0.05) is 24.1 Å². The highest BCUT2D eigenvalue weighted by atomic mass is 35.5. The van der Waals surface area contributed by atoms with Crippen molar-refractivity contribution in [1.29, 1.82) is 0 Å². The van der Waals surface area contributed by atoms with Gasteiger partial charge in [-0.1, -0.05) is 29.8 Å². The highest BCUT2D eigenvalue weighted by Crippen LogP contribution is 2.43. The molecule has 0 saturated carbocycles. The van der Waals surface area contributed by atoms with Crippen molar-refractivity contribution >= 4 is 29.1 Å². The first-order valence-electron chi connectivity index (χ1n) is 10.7. The molecule has 1 aromatic heterocycles. The number of imidazole rings is 1. The quantitative estimate of drug-likeness (QED) is 0.222. The van der Waals surface area contributed by atoms with Gasteiger partial charge in [-0.15, -0.1) is 0 Å². The molecule has 0 spiro atoms. The number of ketones is 1. The molecule has 1 atom stereocenters. The van der Waals surface area contributed by atoms with Gasteiger partial charge in [-0.2, -0.15) is 0 Å². The fraction of sp³-hybridized carbons (Fsp3) is 0.240. The van der Waals surface area contributed by atoms with Gasteiger partial charge < -0.3 is 19.5 Å². The summed E-state index contributed by atoms with van der Waals surface area (Å²) in [5.74, 6) is -0.785. The monoisotopic (exact) mass is 482 g/mol. The lowest BCUT2D eigenvalue weighted by Crippen LogP contribution is -2.36. The molecule has 0 radical (unpaired) electrons. The van der Waals surface area contributed by atoms with Crippen LogP contribution in [0.3, 0.4) is 0 Å². The van der Waals surface area contributed by atoms with Crippen LogP contribution in [0.2, 0.25) is 5.02 Å². The topological polar surface area (TPSA) is 95.7 Å². The average Bonchev–Trinajstić information content (AvgIpc) is 3.45. The van der Waals surface area contributed by atoms with Crippen molar-refractivity contribution in [2.75, 3.05) is 20.8 Å². The van der Waals surface area contributed by atoms with Gasteiger partial charge in [0.25, 0.3) is 11.7 Å². The summed E-state index contributed by atoms with van der Waals surface area (Å²) in [5.41, 5.74) is 0.913. The van der Waals surface area contributed by atoms with E-state index < -0.39 is 17.7 Å². The number of nitrogens with zero attached hydrogens (tertiary/aromatic N) is 2. The highest BCUT2D eigenvalue weighted by molar-refractivity contribution is 6.46. The number of benzene rings is 2. The van der Waals surface area contributed by atoms with E-state index in [-0.39, 0.29) is 16.4 Å². The second kappa shape index (κ2) is 10.0. The third kappa shape index (κ3) is 4.36. The second-order valence-electron chi connectivity index (χ2n) is 7.79. The lowest BCUT2D eigenvalue weighted by Gasteiger charge is -2.26. The number of H-pyrrole nitrogens is 1. The molecular weight excluding hydrogens is 458 g/mol. The molecule has 34 heavy (non-hydrogen) atoms. The summed E-state index contributed by atoms with van der Waals surface area (Å²) < 4.78 is 12.7. The Morgan fingerprint density at radius 1 is 1.15 bits per heavy atom. The minimum absolute atomic E-state index is 0.00923. The zero-order chi connectivity index (χ0) is 24.2. The van der Waals surface area contributed by atoms with Crippen LogP contribution in [0.4, 0.5) is 0 Å². The molecule has 1 unspecified atom stereocenters. The number of aliphatic hydroxyl groups is 1. The van der Waals surface area contributed by atoms with Gasteiger partial charge in [0.15, 0.2) is 0 Å². The molecule has 1 aliphatic rings. The van der Waals surface area contributed by atoms with Crippen molar-refractivity contribution in [3.05, 3.63) is 82.9 Å². The van der Waals surface area contributed by atoms with Crippen LogP contribution in [0, 0.1) is 0 Å². The molecule has 1 fully saturated rings. The van der Waals surface area contributed by atoms with Gasteiger partial charge in [-0.25, -0.2) is 4.57 Å². The number of para-hydroxylation sites is 1. The smallest absolute Gasteiger partial charge is 0.295 e. The number of carbonyl (C=O) groups excluding carboxylic acids is 2. The SMILES string of the molecule is COc1ccc(C(O)=C2C(=O)C(=O)N(CCC[n+]3cc[nH]c3)C2c2ccccc2OC)cc1Cl. The van der Waals surface area contributed by atoms with Crippen molar-refractivity contribution in [3.8, 4) is 11.5 Å². The van der Waals surface area contributed by atoms with E-state index in [2.05, 4.69) is 4.98 Å². The number of hydrogen-bond acceptors (Lipinski definition) is 5. The van der Waals surface area contributed by atoms with Crippen LogP contribution in [0.25, 0.3) is 5.76 Å². The van der Waals surface area contributed by atoms with Crippen LogP contribution in [0.5, 0.6) is 11.5 Å². The number of aliphatic hydroxyl groups excluding tert-OH is 1. The number of amides is 1. The van der Waals surface area contributed by atoms with Gasteiger partial charge in [0.05, 0.1) is 37.4 Å². The van der Waals surface area contributed by atoms with Crippen molar-refractivity contribution in [2.24, 2.45) is 0 Å². The minimum Gasteiger partial charge on any atom is -0.507 e. The first kappa shape index (κ1) is 23.4. The lowest BCUT2D eigenvalue weighted by atomic mass is 9.94. The number of ether oxygens (including phenoxy) is 2. The number of aromatic nitrogens is 2.